The monoisotopic (exact) mass is 289 g/mol. The van der Waals surface area contributed by atoms with Gasteiger partial charge in [0.05, 0.1) is 32.8 Å². The van der Waals surface area contributed by atoms with Gasteiger partial charge in [0, 0.05) is 11.5 Å². The van der Waals surface area contributed by atoms with Gasteiger partial charge in [-0.15, -0.1) is 0 Å². The Morgan fingerprint density at radius 2 is 1.90 bits per heavy atom. The predicted octanol–water partition coefficient (Wildman–Crippen LogP) is 1.26. The zero-order valence-corrected chi connectivity index (χ0v) is 11.7. The van der Waals surface area contributed by atoms with E-state index in [1.165, 1.54) is 14.2 Å². The topological polar surface area (TPSA) is 85.6 Å². The molecule has 0 spiro atoms. The van der Waals surface area contributed by atoms with E-state index in [-0.39, 0.29) is 6.61 Å². The Labute approximate surface area is 122 Å². The number of rotatable bonds is 3. The number of nitriles is 1. The molecule has 0 saturated heterocycles. The summed E-state index contributed by atoms with van der Waals surface area (Å²) < 4.78 is 14.9. The molecule has 0 fully saturated rings. The highest BCUT2D eigenvalue weighted by Crippen LogP contribution is 2.40. The highest BCUT2D eigenvalue weighted by molar-refractivity contribution is 5.95. The van der Waals surface area contributed by atoms with Crippen LogP contribution in [0.2, 0.25) is 0 Å². The van der Waals surface area contributed by atoms with Crippen LogP contribution in [-0.4, -0.2) is 32.8 Å². The van der Waals surface area contributed by atoms with Gasteiger partial charge in [-0.2, -0.15) is 5.26 Å². The lowest BCUT2D eigenvalue weighted by Crippen LogP contribution is -2.41. The Morgan fingerprint density at radius 3 is 2.48 bits per heavy atom. The molecule has 2 atom stereocenters. The van der Waals surface area contributed by atoms with E-state index in [0.717, 1.165) is 0 Å². The standard InChI is InChI=1S/C15H15NO5/c1-19-14(17)13(15(18)20-2)11-8-21-12-6-4-3-5-9(12)10(11)7-16/h3-6,10-11,13H,8H2,1-2H3. The molecule has 0 radical (unpaired) electrons. The van der Waals surface area contributed by atoms with Crippen molar-refractivity contribution in [1.82, 2.24) is 0 Å². The molecule has 1 aromatic rings. The minimum atomic E-state index is -1.18. The number of ether oxygens (including phenoxy) is 3. The van der Waals surface area contributed by atoms with E-state index in [0.29, 0.717) is 11.3 Å². The maximum atomic E-state index is 11.9. The Hall–Kier alpha value is -2.55. The van der Waals surface area contributed by atoms with Crippen molar-refractivity contribution in [3.63, 3.8) is 0 Å². The summed E-state index contributed by atoms with van der Waals surface area (Å²) in [6.07, 6.45) is 0. The molecule has 0 saturated carbocycles. The molecule has 1 aliphatic rings. The molecule has 0 aromatic heterocycles. The maximum Gasteiger partial charge on any atom is 0.320 e. The predicted molar refractivity (Wildman–Crippen MR) is 71.3 cm³/mol. The first kappa shape index (κ1) is 14.9. The van der Waals surface area contributed by atoms with Gasteiger partial charge in [-0.25, -0.2) is 0 Å². The molecule has 6 nitrogen and oxygen atoms in total. The van der Waals surface area contributed by atoms with Gasteiger partial charge < -0.3 is 14.2 Å². The molecule has 0 N–H and O–H groups in total. The summed E-state index contributed by atoms with van der Waals surface area (Å²) >= 11 is 0. The molecular weight excluding hydrogens is 274 g/mol. The van der Waals surface area contributed by atoms with Crippen LogP contribution in [0.1, 0.15) is 11.5 Å². The number of esters is 2. The van der Waals surface area contributed by atoms with E-state index < -0.39 is 29.7 Å². The number of nitrogens with zero attached hydrogens (tertiary/aromatic N) is 1. The lowest BCUT2D eigenvalue weighted by molar-refractivity contribution is -0.162. The molecule has 0 aliphatic carbocycles. The number of methoxy groups -OCH3 is 2. The molecule has 1 aliphatic heterocycles. The fraction of sp³-hybridized carbons (Fsp3) is 0.400. The molecule has 110 valence electrons. The first-order valence-corrected chi connectivity index (χ1v) is 6.41. The molecule has 0 bridgehead atoms. The second-order valence-electron chi connectivity index (χ2n) is 4.64. The summed E-state index contributed by atoms with van der Waals surface area (Å²) in [4.78, 5) is 23.8. The van der Waals surface area contributed by atoms with Gasteiger partial charge >= 0.3 is 11.9 Å². The number of carbonyl (C=O) groups excluding carboxylic acids is 2. The third-order valence-electron chi connectivity index (χ3n) is 3.59. The number of benzene rings is 1. The zero-order chi connectivity index (χ0) is 15.4. The second kappa shape index (κ2) is 6.27. The Balaban J connectivity index is 2.41. The third-order valence-corrected chi connectivity index (χ3v) is 3.59. The minimum absolute atomic E-state index is 0.0735. The molecule has 2 rings (SSSR count). The van der Waals surface area contributed by atoms with Crippen LogP contribution in [0.15, 0.2) is 24.3 Å². The number of fused-ring (bicyclic) bond motifs is 1. The van der Waals surface area contributed by atoms with Crippen LogP contribution in [0, 0.1) is 23.2 Å². The quantitative estimate of drug-likeness (QED) is 0.615. The largest absolute Gasteiger partial charge is 0.493 e. The summed E-state index contributed by atoms with van der Waals surface area (Å²) in [5, 5.41) is 9.46. The van der Waals surface area contributed by atoms with Crippen molar-refractivity contribution < 1.29 is 23.8 Å². The van der Waals surface area contributed by atoms with Crippen LogP contribution < -0.4 is 4.74 Å². The van der Waals surface area contributed by atoms with Crippen LogP contribution in [0.4, 0.5) is 0 Å². The molecule has 21 heavy (non-hydrogen) atoms. The van der Waals surface area contributed by atoms with Crippen molar-refractivity contribution in [2.24, 2.45) is 11.8 Å². The molecule has 1 heterocycles. The van der Waals surface area contributed by atoms with Crippen LogP contribution in [0.5, 0.6) is 5.75 Å². The van der Waals surface area contributed by atoms with Gasteiger partial charge in [0.2, 0.25) is 0 Å². The highest BCUT2D eigenvalue weighted by Gasteiger charge is 2.45. The smallest absolute Gasteiger partial charge is 0.320 e. The third kappa shape index (κ3) is 2.68. The first-order valence-electron chi connectivity index (χ1n) is 6.41. The van der Waals surface area contributed by atoms with E-state index >= 15 is 0 Å². The van der Waals surface area contributed by atoms with Crippen LogP contribution in [0.25, 0.3) is 0 Å². The van der Waals surface area contributed by atoms with E-state index in [4.69, 9.17) is 4.74 Å². The molecule has 2 unspecified atom stereocenters. The van der Waals surface area contributed by atoms with Crippen LogP contribution in [0.3, 0.4) is 0 Å². The summed E-state index contributed by atoms with van der Waals surface area (Å²) in [5.74, 6) is -3.33. The molecule has 0 amide bonds. The summed E-state index contributed by atoms with van der Waals surface area (Å²) in [7, 11) is 2.38. The average Bonchev–Trinajstić information content (AvgIpc) is 2.54. The number of hydrogen-bond donors (Lipinski definition) is 0. The van der Waals surface area contributed by atoms with Gasteiger partial charge in [-0.05, 0) is 6.07 Å². The normalized spacial score (nSPS) is 19.9. The van der Waals surface area contributed by atoms with Gasteiger partial charge in [-0.3, -0.25) is 9.59 Å². The number of para-hydroxylation sites is 1. The van der Waals surface area contributed by atoms with Gasteiger partial charge in [-0.1, -0.05) is 18.2 Å². The Morgan fingerprint density at radius 1 is 1.29 bits per heavy atom. The van der Waals surface area contributed by atoms with Gasteiger partial charge in [0.25, 0.3) is 0 Å². The molecule has 1 aromatic carbocycles. The summed E-state index contributed by atoms with van der Waals surface area (Å²) in [5.41, 5.74) is 0.661. The summed E-state index contributed by atoms with van der Waals surface area (Å²) in [6.45, 7) is 0.0735. The maximum absolute atomic E-state index is 11.9. The lowest BCUT2D eigenvalue weighted by atomic mass is 9.77. The highest BCUT2D eigenvalue weighted by atomic mass is 16.5. The van der Waals surface area contributed by atoms with Crippen molar-refractivity contribution in [3.8, 4) is 11.8 Å². The van der Waals surface area contributed by atoms with E-state index in [1.807, 2.05) is 0 Å². The number of carbonyl (C=O) groups is 2. The number of hydrogen-bond acceptors (Lipinski definition) is 6. The average molecular weight is 289 g/mol. The van der Waals surface area contributed by atoms with Crippen molar-refractivity contribution in [2.75, 3.05) is 20.8 Å². The van der Waals surface area contributed by atoms with E-state index in [2.05, 4.69) is 15.5 Å². The lowest BCUT2D eigenvalue weighted by Gasteiger charge is -2.32. The molecular formula is C15H15NO5. The SMILES string of the molecule is COC(=O)C(C(=O)OC)C1COc2ccccc2C1C#N. The van der Waals surface area contributed by atoms with Gasteiger partial charge in [0.1, 0.15) is 5.75 Å². The van der Waals surface area contributed by atoms with Crippen molar-refractivity contribution >= 4 is 11.9 Å². The minimum Gasteiger partial charge on any atom is -0.493 e. The fourth-order valence-corrected chi connectivity index (χ4v) is 2.54. The van der Waals surface area contributed by atoms with Gasteiger partial charge in [0.15, 0.2) is 5.92 Å². The van der Waals surface area contributed by atoms with Crippen LogP contribution >= 0.6 is 0 Å². The van der Waals surface area contributed by atoms with E-state index in [9.17, 15) is 14.9 Å². The Bertz CT molecular complexity index is 576. The Kier molecular flexibility index (Phi) is 4.43. The van der Waals surface area contributed by atoms with Crippen molar-refractivity contribution in [3.05, 3.63) is 29.8 Å². The van der Waals surface area contributed by atoms with Crippen molar-refractivity contribution in [1.29, 1.82) is 5.26 Å². The fourth-order valence-electron chi connectivity index (χ4n) is 2.54. The summed E-state index contributed by atoms with van der Waals surface area (Å²) in [6, 6.07) is 9.23. The second-order valence-corrected chi connectivity index (χ2v) is 4.64. The zero-order valence-electron chi connectivity index (χ0n) is 11.7. The molecule has 6 heteroatoms. The first-order chi connectivity index (χ1) is 10.1. The van der Waals surface area contributed by atoms with Crippen LogP contribution in [-0.2, 0) is 19.1 Å². The van der Waals surface area contributed by atoms with E-state index in [1.54, 1.807) is 24.3 Å². The van der Waals surface area contributed by atoms with Crippen molar-refractivity contribution in [2.45, 2.75) is 5.92 Å².